The fraction of sp³-hybridized carbons (Fsp3) is 0.400. The molecule has 1 aliphatic rings. The molecule has 0 fully saturated rings. The summed E-state index contributed by atoms with van der Waals surface area (Å²) in [6.45, 7) is 0. The molecule has 1 aliphatic carbocycles. The third kappa shape index (κ3) is 1.20. The zero-order valence-corrected chi connectivity index (χ0v) is 7.53. The van der Waals surface area contributed by atoms with Gasteiger partial charge in [0.25, 0.3) is 0 Å². The molecule has 0 aromatic heterocycles. The summed E-state index contributed by atoms with van der Waals surface area (Å²) in [4.78, 5) is 0. The van der Waals surface area contributed by atoms with E-state index >= 15 is 0 Å². The van der Waals surface area contributed by atoms with Gasteiger partial charge in [0, 0.05) is 11.6 Å². The lowest BCUT2D eigenvalue weighted by molar-refractivity contribution is 0.156. The van der Waals surface area contributed by atoms with E-state index in [9.17, 15) is 5.11 Å². The van der Waals surface area contributed by atoms with Gasteiger partial charge in [0.1, 0.15) is 5.75 Å². The summed E-state index contributed by atoms with van der Waals surface area (Å²) in [5, 5.41) is 9.76. The van der Waals surface area contributed by atoms with Crippen LogP contribution in [0.1, 0.15) is 17.2 Å². The van der Waals surface area contributed by atoms with E-state index in [1.165, 1.54) is 0 Å². The van der Waals surface area contributed by atoms with Gasteiger partial charge in [-0.25, -0.2) is 0 Å². The Balaban J connectivity index is 2.51. The van der Waals surface area contributed by atoms with Crippen LogP contribution in [0, 0.1) is 0 Å². The lowest BCUT2D eigenvalue weighted by Crippen LogP contribution is -2.24. The number of hydrogen-bond acceptors (Lipinski definition) is 3. The first-order valence-electron chi connectivity index (χ1n) is 4.33. The summed E-state index contributed by atoms with van der Waals surface area (Å²) < 4.78 is 5.16. The van der Waals surface area contributed by atoms with E-state index in [1.807, 2.05) is 18.2 Å². The average Bonchev–Trinajstić information content (AvgIpc) is 2.43. The molecular formula is C10H13NO2. The highest BCUT2D eigenvalue weighted by Crippen LogP contribution is 2.36. The second-order valence-corrected chi connectivity index (χ2v) is 3.35. The van der Waals surface area contributed by atoms with E-state index in [1.54, 1.807) is 7.11 Å². The van der Waals surface area contributed by atoms with E-state index in [0.29, 0.717) is 0 Å². The summed E-state index contributed by atoms with van der Waals surface area (Å²) >= 11 is 0. The third-order valence-corrected chi connectivity index (χ3v) is 2.53. The van der Waals surface area contributed by atoms with Crippen molar-refractivity contribution in [3.05, 3.63) is 29.3 Å². The lowest BCUT2D eigenvalue weighted by Gasteiger charge is -2.11. The summed E-state index contributed by atoms with van der Waals surface area (Å²) in [7, 11) is 1.60. The molecule has 3 heteroatoms. The van der Waals surface area contributed by atoms with Crippen LogP contribution in [0.4, 0.5) is 0 Å². The topological polar surface area (TPSA) is 55.5 Å². The van der Waals surface area contributed by atoms with E-state index in [0.717, 1.165) is 23.3 Å². The minimum Gasteiger partial charge on any atom is -0.496 e. The standard InChI is InChI=1S/C10H13NO2/c1-13-8-4-2-3-6-5-7(11)10(12)9(6)8/h2-4,7,10,12H,5,11H2,1H3/t7-,10-/m0/s1. The van der Waals surface area contributed by atoms with Crippen molar-refractivity contribution in [2.45, 2.75) is 18.6 Å². The van der Waals surface area contributed by atoms with Crippen LogP contribution >= 0.6 is 0 Å². The number of aliphatic hydroxyl groups is 1. The Bertz CT molecular complexity index is 325. The number of methoxy groups -OCH3 is 1. The van der Waals surface area contributed by atoms with E-state index in [4.69, 9.17) is 10.5 Å². The van der Waals surface area contributed by atoms with Crippen molar-refractivity contribution < 1.29 is 9.84 Å². The Labute approximate surface area is 77.1 Å². The molecule has 0 spiro atoms. The molecule has 2 rings (SSSR count). The van der Waals surface area contributed by atoms with Crippen molar-refractivity contribution in [2.75, 3.05) is 7.11 Å². The smallest absolute Gasteiger partial charge is 0.124 e. The number of aliphatic hydroxyl groups excluding tert-OH is 1. The number of hydrogen-bond donors (Lipinski definition) is 2. The minimum atomic E-state index is -0.578. The maximum atomic E-state index is 9.76. The molecule has 0 amide bonds. The maximum Gasteiger partial charge on any atom is 0.124 e. The van der Waals surface area contributed by atoms with Crippen LogP contribution < -0.4 is 10.5 Å². The Morgan fingerprint density at radius 2 is 2.31 bits per heavy atom. The van der Waals surface area contributed by atoms with Crippen LogP contribution in [-0.2, 0) is 6.42 Å². The van der Waals surface area contributed by atoms with Gasteiger partial charge in [-0.05, 0) is 18.1 Å². The molecule has 3 nitrogen and oxygen atoms in total. The molecule has 0 bridgehead atoms. The van der Waals surface area contributed by atoms with Gasteiger partial charge in [0.15, 0.2) is 0 Å². The Morgan fingerprint density at radius 3 is 3.00 bits per heavy atom. The largest absolute Gasteiger partial charge is 0.496 e. The minimum absolute atomic E-state index is 0.189. The van der Waals surface area contributed by atoms with E-state index in [-0.39, 0.29) is 6.04 Å². The van der Waals surface area contributed by atoms with Crippen LogP contribution in [0.5, 0.6) is 5.75 Å². The summed E-state index contributed by atoms with van der Waals surface area (Å²) in [6, 6.07) is 5.56. The molecule has 3 N–H and O–H groups in total. The molecule has 0 saturated heterocycles. The first-order valence-corrected chi connectivity index (χ1v) is 4.33. The summed E-state index contributed by atoms with van der Waals surface area (Å²) in [6.07, 6.45) is 0.152. The molecule has 13 heavy (non-hydrogen) atoms. The fourth-order valence-corrected chi connectivity index (χ4v) is 1.86. The molecule has 0 saturated carbocycles. The molecule has 0 radical (unpaired) electrons. The highest BCUT2D eigenvalue weighted by Gasteiger charge is 2.30. The number of benzene rings is 1. The van der Waals surface area contributed by atoms with Gasteiger partial charge in [-0.3, -0.25) is 0 Å². The highest BCUT2D eigenvalue weighted by molar-refractivity contribution is 5.46. The molecule has 0 unspecified atom stereocenters. The summed E-state index contributed by atoms with van der Waals surface area (Å²) in [5.41, 5.74) is 7.70. The van der Waals surface area contributed by atoms with Crippen molar-refractivity contribution in [2.24, 2.45) is 5.73 Å². The van der Waals surface area contributed by atoms with Gasteiger partial charge in [0.2, 0.25) is 0 Å². The maximum absolute atomic E-state index is 9.76. The van der Waals surface area contributed by atoms with E-state index < -0.39 is 6.10 Å². The number of ether oxygens (including phenoxy) is 1. The van der Waals surface area contributed by atoms with E-state index in [2.05, 4.69) is 0 Å². The van der Waals surface area contributed by atoms with Crippen molar-refractivity contribution in [1.82, 2.24) is 0 Å². The van der Waals surface area contributed by atoms with Gasteiger partial charge >= 0.3 is 0 Å². The molecule has 2 atom stereocenters. The zero-order chi connectivity index (χ0) is 9.42. The van der Waals surface area contributed by atoms with Gasteiger partial charge in [-0.2, -0.15) is 0 Å². The highest BCUT2D eigenvalue weighted by atomic mass is 16.5. The third-order valence-electron chi connectivity index (χ3n) is 2.53. The SMILES string of the molecule is COc1cccc2c1[C@@H](O)[C@@H](N)C2. The fourth-order valence-electron chi connectivity index (χ4n) is 1.86. The summed E-state index contributed by atoms with van der Waals surface area (Å²) in [5.74, 6) is 0.734. The monoisotopic (exact) mass is 179 g/mol. The lowest BCUT2D eigenvalue weighted by atomic mass is 10.1. The molecule has 70 valence electrons. The molecule has 0 heterocycles. The zero-order valence-electron chi connectivity index (χ0n) is 7.53. The second kappa shape index (κ2) is 3.01. The number of rotatable bonds is 1. The van der Waals surface area contributed by atoms with Gasteiger partial charge in [-0.1, -0.05) is 12.1 Å². The molecular weight excluding hydrogens is 166 g/mol. The van der Waals surface area contributed by atoms with Crippen LogP contribution in [0.2, 0.25) is 0 Å². The second-order valence-electron chi connectivity index (χ2n) is 3.35. The van der Waals surface area contributed by atoms with Crippen molar-refractivity contribution in [3.8, 4) is 5.75 Å². The molecule has 0 aliphatic heterocycles. The number of nitrogens with two attached hydrogens (primary N) is 1. The average molecular weight is 179 g/mol. The predicted molar refractivity (Wildman–Crippen MR) is 49.6 cm³/mol. The molecule has 1 aromatic carbocycles. The first-order chi connectivity index (χ1) is 6.24. The Morgan fingerprint density at radius 1 is 1.54 bits per heavy atom. The van der Waals surface area contributed by atoms with Gasteiger partial charge in [-0.15, -0.1) is 0 Å². The number of fused-ring (bicyclic) bond motifs is 1. The van der Waals surface area contributed by atoms with Crippen LogP contribution in [0.15, 0.2) is 18.2 Å². The van der Waals surface area contributed by atoms with Crippen LogP contribution in [0.25, 0.3) is 0 Å². The molecule has 1 aromatic rings. The Hall–Kier alpha value is -1.06. The predicted octanol–water partition coefficient (Wildman–Crippen LogP) is 0.612. The van der Waals surface area contributed by atoms with Gasteiger partial charge in [0.05, 0.1) is 13.2 Å². The first kappa shape index (κ1) is 8.53. The van der Waals surface area contributed by atoms with Crippen molar-refractivity contribution in [3.63, 3.8) is 0 Å². The Kier molecular flexibility index (Phi) is 1.98. The van der Waals surface area contributed by atoms with Gasteiger partial charge < -0.3 is 15.6 Å². The van der Waals surface area contributed by atoms with Crippen LogP contribution in [-0.4, -0.2) is 18.3 Å². The van der Waals surface area contributed by atoms with Crippen molar-refractivity contribution in [1.29, 1.82) is 0 Å². The van der Waals surface area contributed by atoms with Crippen LogP contribution in [0.3, 0.4) is 0 Å². The normalized spacial score (nSPS) is 25.8. The van der Waals surface area contributed by atoms with Crippen molar-refractivity contribution >= 4 is 0 Å². The quantitative estimate of drug-likeness (QED) is 0.664.